The van der Waals surface area contributed by atoms with Crippen molar-refractivity contribution in [3.63, 3.8) is 0 Å². The number of aromatic nitrogens is 2. The van der Waals surface area contributed by atoms with Crippen LogP contribution in [0.25, 0.3) is 22.4 Å². The molecule has 4 N–H and O–H groups in total. The minimum Gasteiger partial charge on any atom is -0.507 e. The molecule has 0 saturated carbocycles. The van der Waals surface area contributed by atoms with Gasteiger partial charge in [0.2, 0.25) is 5.91 Å². The third-order valence-corrected chi connectivity index (χ3v) is 7.52. The van der Waals surface area contributed by atoms with Crippen LogP contribution in [0, 0.1) is 5.82 Å². The zero-order chi connectivity index (χ0) is 31.1. The Balaban J connectivity index is 1.34. The largest absolute Gasteiger partial charge is 0.507 e. The molecule has 0 saturated heterocycles. The molecule has 0 atom stereocenters. The molecule has 4 aromatic rings. The fourth-order valence-electron chi connectivity index (χ4n) is 5.18. The molecule has 228 valence electrons. The van der Waals surface area contributed by atoms with Crippen LogP contribution in [0.15, 0.2) is 66.7 Å². The van der Waals surface area contributed by atoms with E-state index in [1.54, 1.807) is 30.2 Å². The van der Waals surface area contributed by atoms with Crippen LogP contribution in [0.3, 0.4) is 0 Å². The first kappa shape index (κ1) is 30.3. The number of amides is 3. The van der Waals surface area contributed by atoms with Gasteiger partial charge >= 0.3 is 0 Å². The Labute approximate surface area is 254 Å². The van der Waals surface area contributed by atoms with Gasteiger partial charge in [-0.25, -0.2) is 4.39 Å². The van der Waals surface area contributed by atoms with Gasteiger partial charge < -0.3 is 25.4 Å². The van der Waals surface area contributed by atoms with Crippen LogP contribution in [0.4, 0.5) is 4.39 Å². The van der Waals surface area contributed by atoms with Crippen molar-refractivity contribution in [1.82, 2.24) is 25.7 Å². The van der Waals surface area contributed by atoms with E-state index >= 15 is 0 Å². The molecule has 2 heterocycles. The number of phenols is 1. The number of nitrogens with one attached hydrogen (secondary N) is 3. The summed E-state index contributed by atoms with van der Waals surface area (Å²) < 4.78 is 20.3. The third kappa shape index (κ3) is 7.05. The number of halogens is 1. The number of hydrogen-bond donors (Lipinski definition) is 4. The van der Waals surface area contributed by atoms with Gasteiger partial charge in [0.15, 0.2) is 0 Å². The number of aromatic amines is 1. The molecule has 10 nitrogen and oxygen atoms in total. The van der Waals surface area contributed by atoms with Crippen molar-refractivity contribution in [3.05, 3.63) is 89.4 Å². The van der Waals surface area contributed by atoms with Gasteiger partial charge in [0.25, 0.3) is 11.8 Å². The molecule has 44 heavy (non-hydrogen) atoms. The summed E-state index contributed by atoms with van der Waals surface area (Å²) in [7, 11) is 1.57. The Hall–Kier alpha value is -5.19. The van der Waals surface area contributed by atoms with Gasteiger partial charge in [-0.1, -0.05) is 18.2 Å². The highest BCUT2D eigenvalue weighted by Gasteiger charge is 2.21. The molecular weight excluding hydrogens is 565 g/mol. The summed E-state index contributed by atoms with van der Waals surface area (Å²) in [4.78, 5) is 40.7. The van der Waals surface area contributed by atoms with Crippen molar-refractivity contribution in [1.29, 1.82) is 0 Å². The Bertz CT molecular complexity index is 1670. The van der Waals surface area contributed by atoms with Gasteiger partial charge in [0.05, 0.1) is 12.8 Å². The summed E-state index contributed by atoms with van der Waals surface area (Å²) in [6, 6.07) is 17.9. The Kier molecular flexibility index (Phi) is 9.53. The van der Waals surface area contributed by atoms with Crippen LogP contribution in [0.5, 0.6) is 11.5 Å². The first-order valence-electron chi connectivity index (χ1n) is 14.5. The van der Waals surface area contributed by atoms with Crippen molar-refractivity contribution < 1.29 is 28.6 Å². The van der Waals surface area contributed by atoms with E-state index in [4.69, 9.17) is 4.74 Å². The number of H-pyrrole nitrogens is 1. The van der Waals surface area contributed by atoms with Crippen LogP contribution in [0.1, 0.15) is 45.7 Å². The highest BCUT2D eigenvalue weighted by Crippen LogP contribution is 2.33. The van der Waals surface area contributed by atoms with Gasteiger partial charge in [0, 0.05) is 54.9 Å². The molecule has 0 unspecified atom stereocenters. The molecule has 11 heteroatoms. The van der Waals surface area contributed by atoms with Gasteiger partial charge in [-0.2, -0.15) is 5.10 Å². The maximum atomic E-state index is 14.8. The van der Waals surface area contributed by atoms with E-state index in [0.29, 0.717) is 56.0 Å². The van der Waals surface area contributed by atoms with Crippen molar-refractivity contribution in [3.8, 4) is 33.9 Å². The summed E-state index contributed by atoms with van der Waals surface area (Å²) in [6.45, 7) is 1.24. The van der Waals surface area contributed by atoms with Crippen molar-refractivity contribution in [2.24, 2.45) is 0 Å². The predicted octanol–water partition coefficient (Wildman–Crippen LogP) is 4.31. The summed E-state index contributed by atoms with van der Waals surface area (Å²) >= 11 is 0. The van der Waals surface area contributed by atoms with Crippen LogP contribution >= 0.6 is 0 Å². The van der Waals surface area contributed by atoms with Crippen molar-refractivity contribution in [2.75, 3.05) is 33.3 Å². The fourth-order valence-corrected chi connectivity index (χ4v) is 5.18. The second kappa shape index (κ2) is 13.9. The smallest absolute Gasteiger partial charge is 0.271 e. The zero-order valence-electron chi connectivity index (χ0n) is 24.4. The molecule has 3 amide bonds. The molecule has 0 spiro atoms. The zero-order valence-corrected chi connectivity index (χ0v) is 24.4. The SMILES string of the molecule is COc1ccccc1-c1cc(C(=O)N2CCCNC(=O)c3ccc(F)c(c3)-c3cc(ccc3O)CCNC(=O)CCC2)[nH]n1. The first-order chi connectivity index (χ1) is 21.3. The minimum atomic E-state index is -0.574. The van der Waals surface area contributed by atoms with E-state index in [2.05, 4.69) is 20.8 Å². The van der Waals surface area contributed by atoms with Crippen LogP contribution < -0.4 is 15.4 Å². The monoisotopic (exact) mass is 599 g/mol. The second-order valence-corrected chi connectivity index (χ2v) is 10.5. The van der Waals surface area contributed by atoms with E-state index in [1.807, 2.05) is 24.3 Å². The normalized spacial score (nSPS) is 14.9. The van der Waals surface area contributed by atoms with E-state index in [1.165, 1.54) is 24.3 Å². The molecule has 1 aliphatic rings. The average molecular weight is 600 g/mol. The lowest BCUT2D eigenvalue weighted by molar-refractivity contribution is -0.121. The lowest BCUT2D eigenvalue weighted by Crippen LogP contribution is -2.36. The van der Waals surface area contributed by atoms with Crippen molar-refractivity contribution >= 4 is 17.7 Å². The molecule has 1 aliphatic heterocycles. The predicted molar refractivity (Wildman–Crippen MR) is 163 cm³/mol. The molecule has 3 aromatic carbocycles. The molecule has 0 radical (unpaired) electrons. The number of rotatable bonds is 3. The molecule has 4 bridgehead atoms. The van der Waals surface area contributed by atoms with Gasteiger partial charge in [-0.05, 0) is 73.4 Å². The van der Waals surface area contributed by atoms with Crippen LogP contribution in [-0.4, -0.2) is 71.2 Å². The molecule has 0 aliphatic carbocycles. The Morgan fingerprint density at radius 3 is 2.57 bits per heavy atom. The fraction of sp³-hybridized carbons (Fsp3) is 0.273. The molecule has 0 fully saturated rings. The number of fused-ring (bicyclic) bond motifs is 5. The number of carbonyl (C=O) groups excluding carboxylic acids is 3. The first-order valence-corrected chi connectivity index (χ1v) is 14.5. The maximum Gasteiger partial charge on any atom is 0.271 e. The van der Waals surface area contributed by atoms with Crippen molar-refractivity contribution in [2.45, 2.75) is 25.7 Å². The standard InChI is InChI=1S/C33H34FN5O5/c1-44-30-7-3-2-6-23(30)27-20-28(38-37-27)33(43)39-16-4-8-31(41)35-15-13-21-9-12-29(40)25(18-21)24-19-22(10-11-26(24)34)32(42)36-14-5-17-39/h2-3,6-7,9-12,18-20,40H,4-5,8,13-17H2,1H3,(H,35,41)(H,36,42)(H,37,38). The Morgan fingerprint density at radius 1 is 0.909 bits per heavy atom. The summed E-state index contributed by atoms with van der Waals surface area (Å²) in [5, 5.41) is 23.3. The number of para-hydroxylation sites is 1. The lowest BCUT2D eigenvalue weighted by Gasteiger charge is -2.22. The number of aromatic hydroxyl groups is 1. The summed E-state index contributed by atoms with van der Waals surface area (Å²) in [5.41, 5.74) is 2.99. The molecule has 1 aromatic heterocycles. The molecule has 5 rings (SSSR count). The van der Waals surface area contributed by atoms with Gasteiger partial charge in [-0.3, -0.25) is 19.5 Å². The second-order valence-electron chi connectivity index (χ2n) is 10.5. The third-order valence-electron chi connectivity index (χ3n) is 7.52. The lowest BCUT2D eigenvalue weighted by atomic mass is 9.98. The minimum absolute atomic E-state index is 0.0998. The van der Waals surface area contributed by atoms with E-state index < -0.39 is 11.7 Å². The highest BCUT2D eigenvalue weighted by molar-refractivity contribution is 5.96. The van der Waals surface area contributed by atoms with Gasteiger partial charge in [-0.15, -0.1) is 0 Å². The average Bonchev–Trinajstić information content (AvgIpc) is 3.53. The number of benzene rings is 3. The number of phenolic OH excluding ortho intramolecular Hbond substituents is 1. The number of nitrogens with zero attached hydrogens (tertiary/aromatic N) is 2. The Morgan fingerprint density at radius 2 is 1.73 bits per heavy atom. The number of methoxy groups -OCH3 is 1. The van der Waals surface area contributed by atoms with Gasteiger partial charge in [0.1, 0.15) is 23.0 Å². The van der Waals surface area contributed by atoms with Crippen LogP contribution in [-0.2, 0) is 11.2 Å². The quantitative estimate of drug-likeness (QED) is 0.277. The highest BCUT2D eigenvalue weighted by atomic mass is 19.1. The topological polar surface area (TPSA) is 137 Å². The molecular formula is C33H34FN5O5. The number of carbonyl (C=O) groups is 3. The van der Waals surface area contributed by atoms with Crippen LogP contribution in [0.2, 0.25) is 0 Å². The maximum absolute atomic E-state index is 14.8. The summed E-state index contributed by atoms with van der Waals surface area (Å²) in [5.74, 6) is -0.891. The number of hydrogen-bond acceptors (Lipinski definition) is 6. The van der Waals surface area contributed by atoms with E-state index in [9.17, 15) is 23.9 Å². The van der Waals surface area contributed by atoms with E-state index in [-0.39, 0.29) is 47.2 Å². The van der Waals surface area contributed by atoms with E-state index in [0.717, 1.165) is 11.1 Å². The number of ether oxygens (including phenoxy) is 1. The summed E-state index contributed by atoms with van der Waals surface area (Å²) in [6.07, 6.45) is 1.55.